The molecule has 0 radical (unpaired) electrons. The third-order valence-electron chi connectivity index (χ3n) is 5.59. The zero-order valence-corrected chi connectivity index (χ0v) is 20.7. The summed E-state index contributed by atoms with van der Waals surface area (Å²) in [6, 6.07) is 5.98. The summed E-state index contributed by atoms with van der Waals surface area (Å²) in [5.41, 5.74) is 0.737. The third-order valence-corrected chi connectivity index (χ3v) is 5.59. The average molecular weight is 530 g/mol. The number of nitrogens with zero attached hydrogens (tertiary/aromatic N) is 2. The Kier molecular flexibility index (Phi) is 9.51. The van der Waals surface area contributed by atoms with Crippen LogP contribution in [-0.4, -0.2) is 57.2 Å². The lowest BCUT2D eigenvalue weighted by Gasteiger charge is -2.31. The minimum atomic E-state index is -0.324. The number of carbonyl (C=O) groups excluding carboxylic acids is 1. The van der Waals surface area contributed by atoms with Crippen LogP contribution in [0.4, 0.5) is 0 Å². The number of halogens is 1. The van der Waals surface area contributed by atoms with E-state index >= 15 is 0 Å². The maximum atomic E-state index is 12.8. The van der Waals surface area contributed by atoms with Crippen molar-refractivity contribution in [3.63, 3.8) is 0 Å². The number of fused-ring (bicyclic) bond motifs is 1. The molecule has 1 aromatic carbocycles. The van der Waals surface area contributed by atoms with Crippen LogP contribution in [0.5, 0.6) is 11.5 Å². The van der Waals surface area contributed by atoms with Gasteiger partial charge in [0, 0.05) is 33.6 Å². The van der Waals surface area contributed by atoms with Crippen molar-refractivity contribution in [2.75, 3.05) is 40.4 Å². The largest absolute Gasteiger partial charge is 0.490 e. The topological polar surface area (TPSA) is 75.2 Å². The molecule has 0 aromatic heterocycles. The van der Waals surface area contributed by atoms with Crippen molar-refractivity contribution < 1.29 is 14.3 Å². The molecule has 1 aliphatic heterocycles. The maximum Gasteiger partial charge on any atom is 0.230 e. The predicted molar refractivity (Wildman–Crippen MR) is 130 cm³/mol. The Bertz CT molecular complexity index is 733. The number of benzene rings is 1. The molecular formula is C22H35IN4O3. The van der Waals surface area contributed by atoms with Gasteiger partial charge in [0.1, 0.15) is 0 Å². The summed E-state index contributed by atoms with van der Waals surface area (Å²) in [7, 11) is 3.68. The van der Waals surface area contributed by atoms with Gasteiger partial charge in [0.25, 0.3) is 0 Å². The third kappa shape index (κ3) is 6.15. The lowest BCUT2D eigenvalue weighted by Crippen LogP contribution is -2.49. The SMILES string of the molecule is CCNC(=NCc1ccc2c(c1)OCCCO2)NCC1(C(=O)N(C)C)CCCC1.I. The highest BCUT2D eigenvalue weighted by atomic mass is 127. The molecule has 0 saturated heterocycles. The molecular weight excluding hydrogens is 495 g/mol. The van der Waals surface area contributed by atoms with Crippen LogP contribution in [0, 0.1) is 5.41 Å². The van der Waals surface area contributed by atoms with Crippen LogP contribution in [0.3, 0.4) is 0 Å². The summed E-state index contributed by atoms with van der Waals surface area (Å²) in [4.78, 5) is 19.2. The van der Waals surface area contributed by atoms with Gasteiger partial charge in [-0.3, -0.25) is 4.79 Å². The van der Waals surface area contributed by atoms with Gasteiger partial charge in [-0.05, 0) is 37.5 Å². The maximum absolute atomic E-state index is 12.8. The molecule has 1 saturated carbocycles. The second-order valence-corrected chi connectivity index (χ2v) is 8.07. The van der Waals surface area contributed by atoms with Crippen molar-refractivity contribution in [2.45, 2.75) is 45.6 Å². The quantitative estimate of drug-likeness (QED) is 0.336. The number of rotatable bonds is 6. The van der Waals surface area contributed by atoms with Crippen molar-refractivity contribution >= 4 is 35.8 Å². The summed E-state index contributed by atoms with van der Waals surface area (Å²) in [6.45, 7) is 5.30. The highest BCUT2D eigenvalue weighted by Crippen LogP contribution is 2.39. The Hall–Kier alpha value is -1.71. The smallest absolute Gasteiger partial charge is 0.230 e. The van der Waals surface area contributed by atoms with E-state index in [4.69, 9.17) is 14.5 Å². The predicted octanol–water partition coefficient (Wildman–Crippen LogP) is 3.17. The minimum Gasteiger partial charge on any atom is -0.490 e. The van der Waals surface area contributed by atoms with E-state index in [1.807, 2.05) is 39.2 Å². The Morgan fingerprint density at radius 2 is 1.80 bits per heavy atom. The highest BCUT2D eigenvalue weighted by molar-refractivity contribution is 14.0. The number of aliphatic imine (C=N–C) groups is 1. The monoisotopic (exact) mass is 530 g/mol. The molecule has 168 valence electrons. The van der Waals surface area contributed by atoms with Gasteiger partial charge in [0.15, 0.2) is 17.5 Å². The van der Waals surface area contributed by atoms with Crippen molar-refractivity contribution in [1.82, 2.24) is 15.5 Å². The van der Waals surface area contributed by atoms with E-state index in [-0.39, 0.29) is 35.3 Å². The van der Waals surface area contributed by atoms with Crippen LogP contribution < -0.4 is 20.1 Å². The number of hydrogen-bond acceptors (Lipinski definition) is 4. The van der Waals surface area contributed by atoms with Gasteiger partial charge in [-0.1, -0.05) is 18.9 Å². The van der Waals surface area contributed by atoms with Gasteiger partial charge in [-0.25, -0.2) is 4.99 Å². The first-order valence-electron chi connectivity index (χ1n) is 10.7. The summed E-state index contributed by atoms with van der Waals surface area (Å²) < 4.78 is 11.5. The first-order valence-corrected chi connectivity index (χ1v) is 10.7. The number of amides is 1. The second-order valence-electron chi connectivity index (χ2n) is 8.07. The molecule has 8 heteroatoms. The molecule has 0 bridgehead atoms. The van der Waals surface area contributed by atoms with Gasteiger partial charge >= 0.3 is 0 Å². The molecule has 2 aliphatic rings. The van der Waals surface area contributed by atoms with E-state index < -0.39 is 0 Å². The van der Waals surface area contributed by atoms with E-state index in [2.05, 4.69) is 10.6 Å². The number of hydrogen-bond donors (Lipinski definition) is 2. The van der Waals surface area contributed by atoms with Crippen LogP contribution in [-0.2, 0) is 11.3 Å². The van der Waals surface area contributed by atoms with Gasteiger partial charge in [0.2, 0.25) is 5.91 Å². The van der Waals surface area contributed by atoms with Crippen molar-refractivity contribution in [3.05, 3.63) is 23.8 Å². The molecule has 0 unspecified atom stereocenters. The minimum absolute atomic E-state index is 0. The molecule has 2 N–H and O–H groups in total. The molecule has 3 rings (SSSR count). The fourth-order valence-electron chi connectivity index (χ4n) is 4.06. The van der Waals surface area contributed by atoms with E-state index in [0.29, 0.717) is 26.3 Å². The normalized spacial score (nSPS) is 17.5. The van der Waals surface area contributed by atoms with Crippen LogP contribution >= 0.6 is 24.0 Å². The number of guanidine groups is 1. The van der Waals surface area contributed by atoms with Crippen LogP contribution in [0.2, 0.25) is 0 Å². The molecule has 1 amide bonds. The Labute approximate surface area is 197 Å². The highest BCUT2D eigenvalue weighted by Gasteiger charge is 2.42. The standard InChI is InChI=1S/C22H34N4O3.HI/c1-4-23-21(25-16-22(10-5-6-11-22)20(27)26(2)3)24-15-17-8-9-18-19(14-17)29-13-7-12-28-18;/h8-9,14H,4-7,10-13,15-16H2,1-3H3,(H2,23,24,25);1H. The Balaban J connectivity index is 0.00000320. The van der Waals surface area contributed by atoms with Gasteiger partial charge in [-0.2, -0.15) is 0 Å². The van der Waals surface area contributed by atoms with Crippen molar-refractivity contribution in [1.29, 1.82) is 0 Å². The van der Waals surface area contributed by atoms with Crippen LogP contribution in [0.1, 0.15) is 44.6 Å². The second kappa shape index (κ2) is 11.6. The Morgan fingerprint density at radius 1 is 1.10 bits per heavy atom. The number of ether oxygens (including phenoxy) is 2. The molecule has 1 fully saturated rings. The molecule has 1 aliphatic carbocycles. The van der Waals surface area contributed by atoms with E-state index in [9.17, 15) is 4.79 Å². The summed E-state index contributed by atoms with van der Waals surface area (Å²) in [5.74, 6) is 2.53. The van der Waals surface area contributed by atoms with E-state index in [1.165, 1.54) is 0 Å². The van der Waals surface area contributed by atoms with Gasteiger partial charge in [-0.15, -0.1) is 24.0 Å². The van der Waals surface area contributed by atoms with Crippen molar-refractivity contribution in [3.8, 4) is 11.5 Å². The number of nitrogens with one attached hydrogen (secondary N) is 2. The van der Waals surface area contributed by atoms with Crippen LogP contribution in [0.15, 0.2) is 23.2 Å². The van der Waals surface area contributed by atoms with E-state index in [0.717, 1.165) is 61.7 Å². The molecule has 0 atom stereocenters. The average Bonchev–Trinajstić information content (AvgIpc) is 3.08. The molecule has 1 heterocycles. The fourth-order valence-corrected chi connectivity index (χ4v) is 4.06. The lowest BCUT2D eigenvalue weighted by molar-refractivity contribution is -0.138. The molecule has 0 spiro atoms. The molecule has 1 aromatic rings. The first kappa shape index (κ1) is 24.6. The Morgan fingerprint density at radius 3 is 2.47 bits per heavy atom. The summed E-state index contributed by atoms with van der Waals surface area (Å²) in [6.07, 6.45) is 4.96. The van der Waals surface area contributed by atoms with Gasteiger partial charge in [0.05, 0.1) is 25.2 Å². The zero-order valence-electron chi connectivity index (χ0n) is 18.3. The first-order chi connectivity index (χ1) is 14.0. The lowest BCUT2D eigenvalue weighted by atomic mass is 9.84. The van der Waals surface area contributed by atoms with Gasteiger partial charge < -0.3 is 25.0 Å². The number of carbonyl (C=O) groups is 1. The summed E-state index contributed by atoms with van der Waals surface area (Å²) in [5, 5.41) is 6.71. The summed E-state index contributed by atoms with van der Waals surface area (Å²) >= 11 is 0. The van der Waals surface area contributed by atoms with Crippen LogP contribution in [0.25, 0.3) is 0 Å². The van der Waals surface area contributed by atoms with Crippen molar-refractivity contribution in [2.24, 2.45) is 10.4 Å². The molecule has 7 nitrogen and oxygen atoms in total. The van der Waals surface area contributed by atoms with E-state index in [1.54, 1.807) is 4.90 Å². The fraction of sp³-hybridized carbons (Fsp3) is 0.636. The zero-order chi connectivity index (χ0) is 20.7. The molecule has 30 heavy (non-hydrogen) atoms.